The Hall–Kier alpha value is -1.52. The summed E-state index contributed by atoms with van der Waals surface area (Å²) in [6, 6.07) is 2.82. The third-order valence-corrected chi connectivity index (χ3v) is 2.78. The Kier molecular flexibility index (Phi) is 4.76. The third kappa shape index (κ3) is 3.24. The first kappa shape index (κ1) is 14.5. The number of Topliss-reactive ketones (excluding diaryl/α,β-unsaturated/α-hetero) is 1. The summed E-state index contributed by atoms with van der Waals surface area (Å²) in [7, 11) is 1.43. The summed E-state index contributed by atoms with van der Waals surface area (Å²) >= 11 is 11.5. The van der Waals surface area contributed by atoms with Crippen molar-refractivity contribution in [2.75, 3.05) is 7.05 Å². The minimum atomic E-state index is -0.497. The predicted molar refractivity (Wildman–Crippen MR) is 70.9 cm³/mol. The molecule has 0 aliphatic heterocycles. The summed E-state index contributed by atoms with van der Waals surface area (Å²) in [6.45, 7) is 1.28. The lowest BCUT2D eigenvalue weighted by atomic mass is 10.1. The Balaban J connectivity index is 3.29. The van der Waals surface area contributed by atoms with Crippen LogP contribution in [-0.2, 0) is 9.59 Å². The van der Waals surface area contributed by atoms with E-state index in [0.29, 0.717) is 5.56 Å². The van der Waals surface area contributed by atoms with Crippen molar-refractivity contribution in [3.05, 3.63) is 33.3 Å². The Morgan fingerprint density at radius 3 is 2.17 bits per heavy atom. The van der Waals surface area contributed by atoms with E-state index in [1.165, 1.54) is 32.2 Å². The van der Waals surface area contributed by atoms with Crippen molar-refractivity contribution in [2.24, 2.45) is 0 Å². The number of benzene rings is 1. The van der Waals surface area contributed by atoms with E-state index in [-0.39, 0.29) is 27.2 Å². The van der Waals surface area contributed by atoms with Gasteiger partial charge in [-0.25, -0.2) is 0 Å². The van der Waals surface area contributed by atoms with Crippen molar-refractivity contribution < 1.29 is 14.7 Å². The molecule has 6 heteroatoms. The fourth-order valence-electron chi connectivity index (χ4n) is 1.30. The number of ketones is 1. The molecule has 1 rings (SSSR count). The molecule has 0 aromatic heterocycles. The summed E-state index contributed by atoms with van der Waals surface area (Å²) in [5.41, 5.74) is 0.437. The average Bonchev–Trinajstić information content (AvgIpc) is 2.31. The minimum absolute atomic E-state index is 0.0182. The fourth-order valence-corrected chi connectivity index (χ4v) is 1.80. The zero-order chi connectivity index (χ0) is 13.9. The van der Waals surface area contributed by atoms with E-state index in [1.807, 2.05) is 0 Å². The second-order valence-electron chi connectivity index (χ2n) is 3.53. The summed E-state index contributed by atoms with van der Waals surface area (Å²) in [4.78, 5) is 22.8. The first-order valence-electron chi connectivity index (χ1n) is 4.99. The topological polar surface area (TPSA) is 66.4 Å². The quantitative estimate of drug-likeness (QED) is 0.510. The monoisotopic (exact) mass is 287 g/mol. The van der Waals surface area contributed by atoms with Crippen LogP contribution in [0.15, 0.2) is 17.7 Å². The molecule has 96 valence electrons. The van der Waals surface area contributed by atoms with Gasteiger partial charge in [-0.05, 0) is 30.7 Å². The zero-order valence-corrected chi connectivity index (χ0v) is 11.3. The van der Waals surface area contributed by atoms with Crippen molar-refractivity contribution in [1.29, 1.82) is 0 Å². The molecule has 1 aromatic carbocycles. The lowest BCUT2D eigenvalue weighted by molar-refractivity contribution is -0.121. The second-order valence-corrected chi connectivity index (χ2v) is 4.34. The van der Waals surface area contributed by atoms with Crippen LogP contribution in [0.25, 0.3) is 6.08 Å². The molecule has 0 heterocycles. The molecule has 0 bridgehead atoms. The van der Waals surface area contributed by atoms with Crippen molar-refractivity contribution in [3.63, 3.8) is 0 Å². The number of likely N-dealkylation sites (N-methyl/N-ethyl adjacent to an activating group) is 1. The van der Waals surface area contributed by atoms with Crippen molar-refractivity contribution >= 4 is 41.0 Å². The van der Waals surface area contributed by atoms with Crippen LogP contribution in [0.4, 0.5) is 0 Å². The van der Waals surface area contributed by atoms with Gasteiger partial charge in [0.1, 0.15) is 0 Å². The highest BCUT2D eigenvalue weighted by molar-refractivity contribution is 6.37. The molecule has 0 saturated carbocycles. The highest BCUT2D eigenvalue weighted by Crippen LogP contribution is 2.33. The summed E-state index contributed by atoms with van der Waals surface area (Å²) in [5.74, 6) is -1.11. The van der Waals surface area contributed by atoms with Crippen LogP contribution >= 0.6 is 23.2 Å². The molecule has 4 nitrogen and oxygen atoms in total. The number of nitrogens with one attached hydrogen (secondary N) is 1. The molecule has 0 aliphatic rings. The molecule has 0 fully saturated rings. The Labute approximate surface area is 114 Å². The van der Waals surface area contributed by atoms with E-state index >= 15 is 0 Å². The van der Waals surface area contributed by atoms with Gasteiger partial charge in [-0.2, -0.15) is 0 Å². The first-order valence-corrected chi connectivity index (χ1v) is 5.75. The van der Waals surface area contributed by atoms with Crippen LogP contribution in [0.2, 0.25) is 10.0 Å². The van der Waals surface area contributed by atoms with Gasteiger partial charge in [0.2, 0.25) is 0 Å². The molecule has 0 saturated heterocycles. The van der Waals surface area contributed by atoms with Gasteiger partial charge in [-0.15, -0.1) is 0 Å². The maximum absolute atomic E-state index is 11.5. The van der Waals surface area contributed by atoms with Gasteiger partial charge in [0, 0.05) is 7.05 Å². The van der Waals surface area contributed by atoms with Crippen molar-refractivity contribution in [1.82, 2.24) is 5.32 Å². The molecule has 18 heavy (non-hydrogen) atoms. The van der Waals surface area contributed by atoms with Gasteiger partial charge in [0.25, 0.3) is 5.91 Å². The third-order valence-electron chi connectivity index (χ3n) is 2.20. The highest BCUT2D eigenvalue weighted by atomic mass is 35.5. The maximum Gasteiger partial charge on any atom is 0.254 e. The van der Waals surface area contributed by atoms with Crippen LogP contribution in [0.5, 0.6) is 5.75 Å². The van der Waals surface area contributed by atoms with Crippen LogP contribution in [0.1, 0.15) is 12.5 Å². The molecular formula is C12H11Cl2NO3. The Morgan fingerprint density at radius 1 is 1.28 bits per heavy atom. The molecular weight excluding hydrogens is 277 g/mol. The number of rotatable bonds is 3. The van der Waals surface area contributed by atoms with E-state index in [2.05, 4.69) is 5.32 Å². The van der Waals surface area contributed by atoms with E-state index in [0.717, 1.165) is 0 Å². The first-order chi connectivity index (χ1) is 8.36. The van der Waals surface area contributed by atoms with E-state index < -0.39 is 5.91 Å². The standard InChI is InChI=1S/C12H11Cl2NO3/c1-6(16)8(12(18)15-2)3-7-4-9(13)11(17)10(14)5-7/h3-5,17H,1-2H3,(H,15,18)/b8-3+. The smallest absolute Gasteiger partial charge is 0.254 e. The number of phenolic OH excluding ortho intramolecular Hbond substituents is 1. The number of aromatic hydroxyl groups is 1. The van der Waals surface area contributed by atoms with Crippen LogP contribution in [0, 0.1) is 0 Å². The Morgan fingerprint density at radius 2 is 1.78 bits per heavy atom. The largest absolute Gasteiger partial charge is 0.505 e. The number of phenols is 1. The fraction of sp³-hybridized carbons (Fsp3) is 0.167. The number of hydrogen-bond donors (Lipinski definition) is 2. The lowest BCUT2D eigenvalue weighted by Gasteiger charge is -2.05. The SMILES string of the molecule is CNC(=O)/C(=C/c1cc(Cl)c(O)c(Cl)c1)C(C)=O. The van der Waals surface area contributed by atoms with Gasteiger partial charge < -0.3 is 10.4 Å². The molecule has 2 N–H and O–H groups in total. The summed E-state index contributed by atoms with van der Waals surface area (Å²) < 4.78 is 0. The van der Waals surface area contributed by atoms with E-state index in [1.54, 1.807) is 0 Å². The molecule has 0 radical (unpaired) electrons. The molecule has 0 atom stereocenters. The number of amides is 1. The van der Waals surface area contributed by atoms with Crippen molar-refractivity contribution in [3.8, 4) is 5.75 Å². The molecule has 1 amide bonds. The average molecular weight is 288 g/mol. The normalized spacial score (nSPS) is 11.2. The minimum Gasteiger partial charge on any atom is -0.505 e. The van der Waals surface area contributed by atoms with Crippen LogP contribution in [0.3, 0.4) is 0 Å². The van der Waals surface area contributed by atoms with Gasteiger partial charge >= 0.3 is 0 Å². The van der Waals surface area contributed by atoms with Gasteiger partial charge in [0.05, 0.1) is 15.6 Å². The van der Waals surface area contributed by atoms with Crippen LogP contribution in [-0.4, -0.2) is 23.8 Å². The second kappa shape index (κ2) is 5.89. The lowest BCUT2D eigenvalue weighted by Crippen LogP contribution is -2.23. The molecule has 0 unspecified atom stereocenters. The number of halogens is 2. The maximum atomic E-state index is 11.5. The molecule has 0 spiro atoms. The predicted octanol–water partition coefficient (Wildman–Crippen LogP) is 2.42. The summed E-state index contributed by atoms with van der Waals surface area (Å²) in [5, 5.41) is 11.9. The van der Waals surface area contributed by atoms with Crippen LogP contribution < -0.4 is 5.32 Å². The Bertz CT molecular complexity index is 515. The number of hydrogen-bond acceptors (Lipinski definition) is 3. The van der Waals surface area contributed by atoms with E-state index in [4.69, 9.17) is 23.2 Å². The van der Waals surface area contributed by atoms with Crippen molar-refractivity contribution in [2.45, 2.75) is 6.92 Å². The van der Waals surface area contributed by atoms with Gasteiger partial charge in [-0.1, -0.05) is 23.2 Å². The zero-order valence-electron chi connectivity index (χ0n) is 9.75. The number of carbonyl (C=O) groups excluding carboxylic acids is 2. The van der Waals surface area contributed by atoms with E-state index in [9.17, 15) is 14.7 Å². The van der Waals surface area contributed by atoms with Gasteiger partial charge in [0.15, 0.2) is 11.5 Å². The summed E-state index contributed by atoms with van der Waals surface area (Å²) in [6.07, 6.45) is 1.36. The molecule has 1 aromatic rings. The molecule has 0 aliphatic carbocycles. The van der Waals surface area contributed by atoms with Gasteiger partial charge in [-0.3, -0.25) is 9.59 Å². The number of carbonyl (C=O) groups is 2. The highest BCUT2D eigenvalue weighted by Gasteiger charge is 2.13.